The van der Waals surface area contributed by atoms with E-state index in [1.807, 2.05) is 6.07 Å². The van der Waals surface area contributed by atoms with Gasteiger partial charge in [-0.25, -0.2) is 9.59 Å². The van der Waals surface area contributed by atoms with Gasteiger partial charge in [0.15, 0.2) is 6.61 Å². The van der Waals surface area contributed by atoms with Crippen molar-refractivity contribution in [2.75, 3.05) is 6.61 Å². The van der Waals surface area contributed by atoms with Crippen molar-refractivity contribution in [1.29, 1.82) is 5.26 Å². The molecule has 1 fully saturated rings. The predicted octanol–water partition coefficient (Wildman–Crippen LogP) is 1.81. The number of nitrogens with zero attached hydrogens (tertiary/aromatic N) is 1. The number of benzene rings is 1. The van der Waals surface area contributed by atoms with Gasteiger partial charge in [0.05, 0.1) is 0 Å². The summed E-state index contributed by atoms with van der Waals surface area (Å²) < 4.78 is 15.1. The molecule has 108 valence electrons. The molecule has 0 aliphatic carbocycles. The molecule has 1 aliphatic heterocycles. The van der Waals surface area contributed by atoms with Crippen LogP contribution in [0.15, 0.2) is 29.8 Å². The van der Waals surface area contributed by atoms with Crippen LogP contribution in [0.5, 0.6) is 5.75 Å². The maximum absolute atomic E-state index is 11.8. The monoisotopic (exact) mass is 287 g/mol. The van der Waals surface area contributed by atoms with Gasteiger partial charge in [-0.15, -0.1) is 0 Å². The van der Waals surface area contributed by atoms with Crippen LogP contribution in [0.2, 0.25) is 0 Å². The number of nitriles is 1. The van der Waals surface area contributed by atoms with Crippen molar-refractivity contribution in [2.24, 2.45) is 0 Å². The molecule has 6 heteroatoms. The Morgan fingerprint density at radius 1 is 1.19 bits per heavy atom. The molecule has 0 saturated carbocycles. The van der Waals surface area contributed by atoms with E-state index in [2.05, 4.69) is 0 Å². The molecule has 1 aromatic carbocycles. The van der Waals surface area contributed by atoms with E-state index in [0.29, 0.717) is 11.3 Å². The number of hydrogen-bond donors (Lipinski definition) is 0. The van der Waals surface area contributed by atoms with Crippen LogP contribution in [-0.2, 0) is 19.1 Å². The maximum atomic E-state index is 11.8. The minimum atomic E-state index is -1.25. The van der Waals surface area contributed by atoms with Crippen LogP contribution in [0.1, 0.15) is 19.4 Å². The zero-order valence-electron chi connectivity index (χ0n) is 11.6. The summed E-state index contributed by atoms with van der Waals surface area (Å²) in [5.74, 6) is -2.17. The lowest BCUT2D eigenvalue weighted by Crippen LogP contribution is -2.41. The first-order chi connectivity index (χ1) is 9.91. The first kappa shape index (κ1) is 14.6. The Kier molecular flexibility index (Phi) is 3.94. The van der Waals surface area contributed by atoms with Gasteiger partial charge in [-0.05, 0) is 23.8 Å². The van der Waals surface area contributed by atoms with Crippen molar-refractivity contribution in [3.8, 4) is 11.8 Å². The van der Waals surface area contributed by atoms with E-state index in [1.165, 1.54) is 19.9 Å². The fourth-order valence-corrected chi connectivity index (χ4v) is 1.72. The number of cyclic esters (lactones) is 2. The SMILES string of the molecule is CC1(C)OC(=O)C(=Cc2ccc(OCC#N)cc2)C(=O)O1. The van der Waals surface area contributed by atoms with Crippen molar-refractivity contribution in [2.45, 2.75) is 19.6 Å². The van der Waals surface area contributed by atoms with Gasteiger partial charge in [-0.2, -0.15) is 5.26 Å². The van der Waals surface area contributed by atoms with Gasteiger partial charge in [0.2, 0.25) is 0 Å². The lowest BCUT2D eigenvalue weighted by molar-refractivity contribution is -0.222. The molecule has 0 radical (unpaired) electrons. The number of ether oxygens (including phenoxy) is 3. The van der Waals surface area contributed by atoms with Crippen LogP contribution in [0, 0.1) is 11.3 Å². The maximum Gasteiger partial charge on any atom is 0.348 e. The fourth-order valence-electron chi connectivity index (χ4n) is 1.72. The summed E-state index contributed by atoms with van der Waals surface area (Å²) >= 11 is 0. The smallest absolute Gasteiger partial charge is 0.348 e. The van der Waals surface area contributed by atoms with Crippen LogP contribution in [0.3, 0.4) is 0 Å². The fraction of sp³-hybridized carbons (Fsp3) is 0.267. The highest BCUT2D eigenvalue weighted by Crippen LogP contribution is 2.24. The summed E-state index contributed by atoms with van der Waals surface area (Å²) in [5.41, 5.74) is 0.447. The molecule has 0 bridgehead atoms. The number of carbonyl (C=O) groups excluding carboxylic acids is 2. The lowest BCUT2D eigenvalue weighted by Gasteiger charge is -2.29. The highest BCUT2D eigenvalue weighted by Gasteiger charge is 2.38. The third-order valence-electron chi connectivity index (χ3n) is 2.61. The van der Waals surface area contributed by atoms with Crippen LogP contribution < -0.4 is 4.74 Å². The molecule has 6 nitrogen and oxygen atoms in total. The van der Waals surface area contributed by atoms with Crippen molar-refractivity contribution >= 4 is 18.0 Å². The topological polar surface area (TPSA) is 85.6 Å². The molecule has 0 N–H and O–H groups in total. The molecule has 0 aromatic heterocycles. The molecule has 1 saturated heterocycles. The molecule has 2 rings (SSSR count). The summed E-state index contributed by atoms with van der Waals surface area (Å²) in [6, 6.07) is 8.43. The van der Waals surface area contributed by atoms with E-state index >= 15 is 0 Å². The van der Waals surface area contributed by atoms with Crippen LogP contribution in [-0.4, -0.2) is 24.3 Å². The highest BCUT2D eigenvalue weighted by molar-refractivity contribution is 6.18. The third kappa shape index (κ3) is 3.60. The van der Waals surface area contributed by atoms with Crippen LogP contribution in [0.25, 0.3) is 6.08 Å². The van der Waals surface area contributed by atoms with Gasteiger partial charge in [-0.1, -0.05) is 12.1 Å². The zero-order valence-corrected chi connectivity index (χ0v) is 11.6. The Morgan fingerprint density at radius 3 is 2.29 bits per heavy atom. The number of carbonyl (C=O) groups is 2. The van der Waals surface area contributed by atoms with Gasteiger partial charge in [-0.3, -0.25) is 0 Å². The molecule has 0 atom stereocenters. The standard InChI is InChI=1S/C15H13NO5/c1-15(2)20-13(17)12(14(18)21-15)9-10-3-5-11(6-4-10)19-8-7-16/h3-6,9H,8H2,1-2H3. The molecule has 0 spiro atoms. The van der Waals surface area contributed by atoms with Crippen LogP contribution >= 0.6 is 0 Å². The van der Waals surface area contributed by atoms with Crippen molar-refractivity contribution in [3.05, 3.63) is 35.4 Å². The lowest BCUT2D eigenvalue weighted by atomic mass is 10.1. The third-order valence-corrected chi connectivity index (χ3v) is 2.61. The zero-order chi connectivity index (χ0) is 15.5. The second-order valence-corrected chi connectivity index (χ2v) is 4.75. The Bertz CT molecular complexity index is 615. The quantitative estimate of drug-likeness (QED) is 0.479. The summed E-state index contributed by atoms with van der Waals surface area (Å²) in [6.07, 6.45) is 1.38. The van der Waals surface area contributed by atoms with Crippen molar-refractivity contribution in [3.63, 3.8) is 0 Å². The first-order valence-corrected chi connectivity index (χ1v) is 6.19. The minimum Gasteiger partial charge on any atom is -0.479 e. The molecule has 0 unspecified atom stereocenters. The molecule has 1 heterocycles. The van der Waals surface area contributed by atoms with Gasteiger partial charge in [0, 0.05) is 13.8 Å². The molecule has 21 heavy (non-hydrogen) atoms. The molecule has 1 aromatic rings. The Morgan fingerprint density at radius 2 is 1.76 bits per heavy atom. The van der Waals surface area contributed by atoms with E-state index < -0.39 is 17.7 Å². The molecular formula is C15H13NO5. The Balaban J connectivity index is 2.18. The minimum absolute atomic E-state index is 0.0474. The van der Waals surface area contributed by atoms with E-state index in [-0.39, 0.29) is 12.2 Å². The second kappa shape index (κ2) is 5.67. The van der Waals surface area contributed by atoms with Crippen LogP contribution in [0.4, 0.5) is 0 Å². The number of hydrogen-bond acceptors (Lipinski definition) is 6. The molecule has 0 amide bonds. The van der Waals surface area contributed by atoms with Crippen molar-refractivity contribution < 1.29 is 23.8 Å². The van der Waals surface area contributed by atoms with E-state index in [9.17, 15) is 9.59 Å². The van der Waals surface area contributed by atoms with E-state index in [4.69, 9.17) is 19.5 Å². The van der Waals surface area contributed by atoms with E-state index in [1.54, 1.807) is 24.3 Å². The summed E-state index contributed by atoms with van der Waals surface area (Å²) in [7, 11) is 0. The van der Waals surface area contributed by atoms with Gasteiger partial charge >= 0.3 is 11.9 Å². The molecular weight excluding hydrogens is 274 g/mol. The Hall–Kier alpha value is -2.81. The van der Waals surface area contributed by atoms with Gasteiger partial charge in [0.1, 0.15) is 17.4 Å². The van der Waals surface area contributed by atoms with Crippen molar-refractivity contribution in [1.82, 2.24) is 0 Å². The first-order valence-electron chi connectivity index (χ1n) is 6.19. The average Bonchev–Trinajstić information content (AvgIpc) is 2.41. The molecule has 1 aliphatic rings. The normalized spacial score (nSPS) is 16.5. The number of esters is 2. The number of rotatable bonds is 3. The largest absolute Gasteiger partial charge is 0.479 e. The van der Waals surface area contributed by atoms with E-state index in [0.717, 1.165) is 0 Å². The highest BCUT2D eigenvalue weighted by atomic mass is 16.7. The van der Waals surface area contributed by atoms with Gasteiger partial charge < -0.3 is 14.2 Å². The second-order valence-electron chi connectivity index (χ2n) is 4.75. The average molecular weight is 287 g/mol. The summed E-state index contributed by atoms with van der Waals surface area (Å²) in [5, 5.41) is 8.41. The van der Waals surface area contributed by atoms with Gasteiger partial charge in [0.25, 0.3) is 5.79 Å². The Labute approximate surface area is 121 Å². The summed E-state index contributed by atoms with van der Waals surface area (Å²) in [6.45, 7) is 2.93. The predicted molar refractivity (Wildman–Crippen MR) is 71.8 cm³/mol. The summed E-state index contributed by atoms with van der Waals surface area (Å²) in [4.78, 5) is 23.6.